The molecule has 0 bridgehead atoms. The predicted octanol–water partition coefficient (Wildman–Crippen LogP) is 3.21. The van der Waals surface area contributed by atoms with Crippen molar-refractivity contribution in [2.75, 3.05) is 25.5 Å². The summed E-state index contributed by atoms with van der Waals surface area (Å²) in [6.45, 7) is 5.64. The molecule has 1 aliphatic rings. The second-order valence-electron chi connectivity index (χ2n) is 8.05. The van der Waals surface area contributed by atoms with Gasteiger partial charge in [-0.25, -0.2) is 4.79 Å². The largest absolute Gasteiger partial charge is 0.338 e. The molecule has 1 heterocycles. The Morgan fingerprint density at radius 1 is 1.10 bits per heavy atom. The Kier molecular flexibility index (Phi) is 7.28. The lowest BCUT2D eigenvalue weighted by molar-refractivity contribution is -0.128. The van der Waals surface area contributed by atoms with E-state index in [2.05, 4.69) is 10.6 Å². The van der Waals surface area contributed by atoms with Crippen LogP contribution in [0.15, 0.2) is 42.5 Å². The van der Waals surface area contributed by atoms with Crippen LogP contribution in [0, 0.1) is 13.8 Å². The molecule has 1 saturated heterocycles. The van der Waals surface area contributed by atoms with Gasteiger partial charge in [-0.3, -0.25) is 9.59 Å². The van der Waals surface area contributed by atoms with Crippen LogP contribution in [-0.4, -0.2) is 47.8 Å². The van der Waals surface area contributed by atoms with Crippen molar-refractivity contribution in [1.82, 2.24) is 15.1 Å². The van der Waals surface area contributed by atoms with Gasteiger partial charge in [0.15, 0.2) is 0 Å². The molecule has 3 rings (SSSR count). The van der Waals surface area contributed by atoms with Crippen molar-refractivity contribution in [3.63, 3.8) is 0 Å². The average Bonchev–Trinajstić information content (AvgIpc) is 3.14. The highest BCUT2D eigenvalue weighted by Gasteiger charge is 2.20. The number of aryl methyl sites for hydroxylation is 1. The zero-order valence-corrected chi connectivity index (χ0v) is 18.4. The Balaban J connectivity index is 1.48. The SMILES string of the molecule is Cc1cccc(NC(=O)CN(C)C(=O)NCc2cccc(CN3CCCC3=O)c2)c1C. The van der Waals surface area contributed by atoms with Crippen LogP contribution in [0.25, 0.3) is 0 Å². The minimum Gasteiger partial charge on any atom is -0.338 e. The van der Waals surface area contributed by atoms with Gasteiger partial charge in [0.25, 0.3) is 0 Å². The first kappa shape index (κ1) is 22.3. The Morgan fingerprint density at radius 2 is 1.84 bits per heavy atom. The number of anilines is 1. The first-order chi connectivity index (χ1) is 14.8. The van der Waals surface area contributed by atoms with E-state index in [0.29, 0.717) is 19.5 Å². The first-order valence-electron chi connectivity index (χ1n) is 10.5. The maximum Gasteiger partial charge on any atom is 0.317 e. The third-order valence-corrected chi connectivity index (χ3v) is 5.59. The number of benzene rings is 2. The number of likely N-dealkylation sites (tertiary alicyclic amines) is 1. The van der Waals surface area contributed by atoms with Gasteiger partial charge in [0.2, 0.25) is 11.8 Å². The van der Waals surface area contributed by atoms with Gasteiger partial charge in [0, 0.05) is 38.8 Å². The third-order valence-electron chi connectivity index (χ3n) is 5.59. The Hall–Kier alpha value is -3.35. The summed E-state index contributed by atoms with van der Waals surface area (Å²) >= 11 is 0. The molecule has 2 aromatic rings. The number of nitrogens with one attached hydrogen (secondary N) is 2. The number of urea groups is 1. The fourth-order valence-corrected chi connectivity index (χ4v) is 3.61. The van der Waals surface area contributed by atoms with Crippen LogP contribution >= 0.6 is 0 Å². The van der Waals surface area contributed by atoms with Crippen LogP contribution in [0.3, 0.4) is 0 Å². The highest BCUT2D eigenvalue weighted by Crippen LogP contribution is 2.18. The number of carbonyl (C=O) groups excluding carboxylic acids is 3. The summed E-state index contributed by atoms with van der Waals surface area (Å²) in [5.74, 6) is -0.0527. The van der Waals surface area contributed by atoms with Gasteiger partial charge < -0.3 is 20.4 Å². The summed E-state index contributed by atoms with van der Waals surface area (Å²) in [5.41, 5.74) is 4.86. The van der Waals surface area contributed by atoms with Gasteiger partial charge in [-0.05, 0) is 48.6 Å². The molecule has 4 amide bonds. The van der Waals surface area contributed by atoms with Crippen LogP contribution in [0.2, 0.25) is 0 Å². The number of carbonyl (C=O) groups is 3. The molecule has 2 N–H and O–H groups in total. The normalized spacial score (nSPS) is 13.3. The van der Waals surface area contributed by atoms with E-state index in [1.54, 1.807) is 7.05 Å². The molecule has 0 unspecified atom stereocenters. The van der Waals surface area contributed by atoms with Crippen molar-refractivity contribution in [3.8, 4) is 0 Å². The molecule has 0 saturated carbocycles. The van der Waals surface area contributed by atoms with Crippen molar-refractivity contribution >= 4 is 23.5 Å². The van der Waals surface area contributed by atoms with E-state index in [4.69, 9.17) is 0 Å². The van der Waals surface area contributed by atoms with Gasteiger partial charge >= 0.3 is 6.03 Å². The van der Waals surface area contributed by atoms with E-state index in [0.717, 1.165) is 40.9 Å². The number of nitrogens with zero attached hydrogens (tertiary/aromatic N) is 2. The average molecular weight is 423 g/mol. The Morgan fingerprint density at radius 3 is 2.58 bits per heavy atom. The summed E-state index contributed by atoms with van der Waals surface area (Å²) in [4.78, 5) is 39.8. The number of rotatable bonds is 7. The molecule has 31 heavy (non-hydrogen) atoms. The summed E-state index contributed by atoms with van der Waals surface area (Å²) < 4.78 is 0. The molecule has 0 spiro atoms. The number of hydrogen-bond acceptors (Lipinski definition) is 3. The second-order valence-corrected chi connectivity index (χ2v) is 8.05. The van der Waals surface area contributed by atoms with Crippen molar-refractivity contribution in [1.29, 1.82) is 0 Å². The number of likely N-dealkylation sites (N-methyl/N-ethyl adjacent to an activating group) is 1. The molecular weight excluding hydrogens is 392 g/mol. The fraction of sp³-hybridized carbons (Fsp3) is 0.375. The Labute approximate surface area is 183 Å². The summed E-state index contributed by atoms with van der Waals surface area (Å²) in [7, 11) is 1.59. The molecule has 164 valence electrons. The van der Waals surface area contributed by atoms with E-state index in [1.165, 1.54) is 4.90 Å². The molecule has 7 heteroatoms. The maximum atomic E-state index is 12.4. The molecule has 0 radical (unpaired) electrons. The van der Waals surface area contributed by atoms with Gasteiger partial charge in [0.1, 0.15) is 6.54 Å². The number of amides is 4. The minimum absolute atomic E-state index is 0.0453. The second kappa shape index (κ2) is 10.1. The lowest BCUT2D eigenvalue weighted by atomic mass is 10.1. The number of hydrogen-bond donors (Lipinski definition) is 2. The summed E-state index contributed by atoms with van der Waals surface area (Å²) in [6, 6.07) is 13.3. The molecular formula is C24H30N4O3. The monoisotopic (exact) mass is 422 g/mol. The van der Waals surface area contributed by atoms with Crippen LogP contribution in [0.5, 0.6) is 0 Å². The van der Waals surface area contributed by atoms with Crippen LogP contribution in [-0.2, 0) is 22.7 Å². The smallest absolute Gasteiger partial charge is 0.317 e. The molecule has 7 nitrogen and oxygen atoms in total. The quantitative estimate of drug-likeness (QED) is 0.719. The first-order valence-corrected chi connectivity index (χ1v) is 10.5. The van der Waals surface area contributed by atoms with Gasteiger partial charge in [-0.2, -0.15) is 0 Å². The van der Waals surface area contributed by atoms with Crippen LogP contribution in [0.4, 0.5) is 10.5 Å². The van der Waals surface area contributed by atoms with E-state index < -0.39 is 0 Å². The summed E-state index contributed by atoms with van der Waals surface area (Å²) in [5, 5.41) is 5.71. The van der Waals surface area contributed by atoms with E-state index in [-0.39, 0.29) is 24.4 Å². The molecule has 1 aliphatic heterocycles. The lowest BCUT2D eigenvalue weighted by Crippen LogP contribution is -2.41. The van der Waals surface area contributed by atoms with Gasteiger partial charge in [0.05, 0.1) is 0 Å². The van der Waals surface area contributed by atoms with E-state index in [1.807, 2.05) is 61.2 Å². The molecule has 0 aromatic heterocycles. The van der Waals surface area contributed by atoms with Gasteiger partial charge in [-0.15, -0.1) is 0 Å². The topological polar surface area (TPSA) is 81.8 Å². The van der Waals surface area contributed by atoms with Crippen molar-refractivity contribution < 1.29 is 14.4 Å². The molecule has 2 aromatic carbocycles. The maximum absolute atomic E-state index is 12.4. The van der Waals surface area contributed by atoms with Crippen LogP contribution < -0.4 is 10.6 Å². The van der Waals surface area contributed by atoms with Crippen molar-refractivity contribution in [2.45, 2.75) is 39.8 Å². The molecule has 0 atom stereocenters. The molecule has 1 fully saturated rings. The van der Waals surface area contributed by atoms with Crippen LogP contribution in [0.1, 0.15) is 35.1 Å². The highest BCUT2D eigenvalue weighted by molar-refractivity contribution is 5.95. The minimum atomic E-state index is -0.323. The Bertz CT molecular complexity index is 973. The lowest BCUT2D eigenvalue weighted by Gasteiger charge is -2.19. The van der Waals surface area contributed by atoms with E-state index in [9.17, 15) is 14.4 Å². The highest BCUT2D eigenvalue weighted by atomic mass is 16.2. The van der Waals surface area contributed by atoms with Gasteiger partial charge in [-0.1, -0.05) is 36.4 Å². The summed E-state index contributed by atoms with van der Waals surface area (Å²) in [6.07, 6.45) is 1.54. The van der Waals surface area contributed by atoms with Crippen molar-refractivity contribution in [2.24, 2.45) is 0 Å². The third kappa shape index (κ3) is 6.07. The standard InChI is InChI=1S/C24H30N4O3/c1-17-7-4-10-21(18(17)2)26-22(29)16-27(3)24(31)25-14-19-8-5-9-20(13-19)15-28-12-6-11-23(28)30/h4-5,7-10,13H,6,11-12,14-16H2,1-3H3,(H,25,31)(H,26,29). The zero-order chi connectivity index (χ0) is 22.4. The zero-order valence-electron chi connectivity index (χ0n) is 18.4. The predicted molar refractivity (Wildman–Crippen MR) is 121 cm³/mol. The van der Waals surface area contributed by atoms with E-state index >= 15 is 0 Å². The molecule has 0 aliphatic carbocycles. The van der Waals surface area contributed by atoms with Crippen molar-refractivity contribution in [3.05, 3.63) is 64.7 Å². The fourth-order valence-electron chi connectivity index (χ4n) is 3.61.